The van der Waals surface area contributed by atoms with Gasteiger partial charge in [-0.25, -0.2) is 18.1 Å². The average molecular weight is 490 g/mol. The van der Waals surface area contributed by atoms with Gasteiger partial charge < -0.3 is 5.32 Å². The van der Waals surface area contributed by atoms with Gasteiger partial charge in [0.25, 0.3) is 0 Å². The Balaban J connectivity index is 1.33. The van der Waals surface area contributed by atoms with E-state index in [9.17, 15) is 13.2 Å². The topological polar surface area (TPSA) is 117 Å². The van der Waals surface area contributed by atoms with E-state index in [1.54, 1.807) is 24.3 Å². The molecular weight excluding hydrogens is 470 g/mol. The second-order valence-corrected chi connectivity index (χ2v) is 9.74. The normalized spacial score (nSPS) is 13.9. The molecule has 4 rings (SSSR count). The maximum Gasteiger partial charge on any atom is 0.240 e. The molecule has 10 heteroatoms. The Morgan fingerprint density at radius 1 is 1.17 bits per heavy atom. The molecule has 30 heavy (non-hydrogen) atoms. The highest BCUT2D eigenvalue weighted by Gasteiger charge is 2.27. The van der Waals surface area contributed by atoms with E-state index in [4.69, 9.17) is 0 Å². The number of hydrogen-bond donors (Lipinski definition) is 3. The van der Waals surface area contributed by atoms with E-state index in [2.05, 4.69) is 41.2 Å². The maximum atomic E-state index is 12.3. The summed E-state index contributed by atoms with van der Waals surface area (Å²) in [4.78, 5) is 16.9. The van der Waals surface area contributed by atoms with Crippen molar-refractivity contribution in [1.29, 1.82) is 0 Å². The van der Waals surface area contributed by atoms with Crippen LogP contribution in [0, 0.1) is 0 Å². The lowest BCUT2D eigenvalue weighted by Crippen LogP contribution is -2.27. The number of aromatic nitrogens is 3. The molecule has 1 aliphatic rings. The van der Waals surface area contributed by atoms with Gasteiger partial charge in [-0.2, -0.15) is 5.10 Å². The van der Waals surface area contributed by atoms with Gasteiger partial charge in [0.2, 0.25) is 15.9 Å². The average Bonchev–Trinajstić information content (AvgIpc) is 3.44. The number of nitrogens with zero attached hydrogens (tertiary/aromatic N) is 2. The fraction of sp³-hybridized carbons (Fsp3) is 0.250. The number of carbonyl (C=O) groups excluding carboxylic acids is 1. The van der Waals surface area contributed by atoms with Crippen LogP contribution in [0.1, 0.15) is 31.0 Å². The van der Waals surface area contributed by atoms with Gasteiger partial charge in [-0.1, -0.05) is 34.1 Å². The molecule has 8 nitrogen and oxygen atoms in total. The summed E-state index contributed by atoms with van der Waals surface area (Å²) in [6, 6.07) is 13.6. The summed E-state index contributed by atoms with van der Waals surface area (Å²) in [6.45, 7) is -0.00790. The Hall–Kier alpha value is -2.56. The van der Waals surface area contributed by atoms with Crippen LogP contribution in [0.3, 0.4) is 0 Å². The first-order chi connectivity index (χ1) is 14.4. The van der Waals surface area contributed by atoms with Crippen molar-refractivity contribution in [2.24, 2.45) is 0 Å². The minimum Gasteiger partial charge on any atom is -0.326 e. The number of anilines is 1. The van der Waals surface area contributed by atoms with E-state index in [-0.39, 0.29) is 23.8 Å². The third-order valence-corrected chi connectivity index (χ3v) is 6.57. The Kier molecular flexibility index (Phi) is 5.98. The number of hydrogen-bond acceptors (Lipinski definition) is 5. The van der Waals surface area contributed by atoms with Crippen LogP contribution >= 0.6 is 15.9 Å². The lowest BCUT2D eigenvalue weighted by Gasteiger charge is -2.08. The highest BCUT2D eigenvalue weighted by molar-refractivity contribution is 9.10. The van der Waals surface area contributed by atoms with Crippen LogP contribution in [0.4, 0.5) is 5.69 Å². The van der Waals surface area contributed by atoms with Gasteiger partial charge in [-0.3, -0.25) is 9.89 Å². The number of carbonyl (C=O) groups is 1. The molecule has 156 valence electrons. The Morgan fingerprint density at radius 3 is 2.73 bits per heavy atom. The standard InChI is InChI=1S/C20H20BrN5O3S/c21-15-4-2-6-17(12-15)30(28,29)22-10-9-18(27)23-16-5-1-3-14(11-16)20-24-19(25-26-20)13-7-8-13/h1-6,11-13,22H,7-10H2,(H,23,27)(H,24,25,26). The zero-order chi connectivity index (χ0) is 21.1. The minimum absolute atomic E-state index is 0.00391. The van der Waals surface area contributed by atoms with E-state index in [0.717, 1.165) is 24.2 Å². The molecule has 1 aliphatic carbocycles. The molecule has 1 heterocycles. The van der Waals surface area contributed by atoms with Crippen molar-refractivity contribution >= 4 is 37.5 Å². The fourth-order valence-corrected chi connectivity index (χ4v) is 4.55. The lowest BCUT2D eigenvalue weighted by atomic mass is 10.2. The Bertz CT molecular complexity index is 1170. The molecule has 2 aromatic carbocycles. The van der Waals surface area contributed by atoms with Crippen LogP contribution in [0.15, 0.2) is 57.9 Å². The summed E-state index contributed by atoms with van der Waals surface area (Å²) in [5, 5.41) is 10.0. The number of halogens is 1. The van der Waals surface area contributed by atoms with Gasteiger partial charge in [-0.15, -0.1) is 0 Å². The molecule has 0 radical (unpaired) electrons. The highest BCUT2D eigenvalue weighted by atomic mass is 79.9. The second-order valence-electron chi connectivity index (χ2n) is 7.05. The molecule has 0 aliphatic heterocycles. The smallest absolute Gasteiger partial charge is 0.240 e. The Morgan fingerprint density at radius 2 is 1.97 bits per heavy atom. The van der Waals surface area contributed by atoms with E-state index in [1.165, 1.54) is 12.1 Å². The molecule has 0 unspecified atom stereocenters. The molecule has 1 amide bonds. The first-order valence-electron chi connectivity index (χ1n) is 9.48. The lowest BCUT2D eigenvalue weighted by molar-refractivity contribution is -0.116. The largest absolute Gasteiger partial charge is 0.326 e. The molecule has 0 atom stereocenters. The predicted molar refractivity (Wildman–Crippen MR) is 116 cm³/mol. The summed E-state index contributed by atoms with van der Waals surface area (Å²) >= 11 is 3.25. The number of nitrogens with one attached hydrogen (secondary N) is 3. The summed E-state index contributed by atoms with van der Waals surface area (Å²) in [5.41, 5.74) is 1.40. The zero-order valence-corrected chi connectivity index (χ0v) is 18.3. The highest BCUT2D eigenvalue weighted by Crippen LogP contribution is 2.38. The monoisotopic (exact) mass is 489 g/mol. The van der Waals surface area contributed by atoms with Crippen LogP contribution in [-0.2, 0) is 14.8 Å². The molecular formula is C20H20BrN5O3S. The van der Waals surface area contributed by atoms with E-state index < -0.39 is 10.0 Å². The van der Waals surface area contributed by atoms with Crippen LogP contribution < -0.4 is 10.0 Å². The molecule has 1 saturated carbocycles. The molecule has 0 bridgehead atoms. The van der Waals surface area contributed by atoms with Gasteiger partial charge in [0, 0.05) is 34.6 Å². The number of aromatic amines is 1. The SMILES string of the molecule is O=C(CCNS(=O)(=O)c1cccc(Br)c1)Nc1cccc(-c2n[nH]c(C3CC3)n2)c1. The second kappa shape index (κ2) is 8.66. The summed E-state index contributed by atoms with van der Waals surface area (Å²) in [7, 11) is -3.67. The van der Waals surface area contributed by atoms with Crippen molar-refractivity contribution in [3.8, 4) is 11.4 Å². The molecule has 0 saturated heterocycles. The number of benzene rings is 2. The number of sulfonamides is 1. The summed E-state index contributed by atoms with van der Waals surface area (Å²) < 4.78 is 27.7. The summed E-state index contributed by atoms with van der Waals surface area (Å²) in [5.74, 6) is 1.68. The van der Waals surface area contributed by atoms with Gasteiger partial charge in [0.15, 0.2) is 5.82 Å². The minimum atomic E-state index is -3.67. The van der Waals surface area contributed by atoms with Gasteiger partial charge in [-0.05, 0) is 43.2 Å². The number of rotatable bonds is 8. The molecule has 3 aromatic rings. The van der Waals surface area contributed by atoms with Crippen molar-refractivity contribution in [1.82, 2.24) is 19.9 Å². The van der Waals surface area contributed by atoms with Gasteiger partial charge in [0.05, 0.1) is 4.90 Å². The van der Waals surface area contributed by atoms with Crippen molar-refractivity contribution in [2.75, 3.05) is 11.9 Å². The van der Waals surface area contributed by atoms with Gasteiger partial charge in [0.1, 0.15) is 5.82 Å². The van der Waals surface area contributed by atoms with E-state index in [0.29, 0.717) is 21.9 Å². The van der Waals surface area contributed by atoms with Crippen molar-refractivity contribution < 1.29 is 13.2 Å². The van der Waals surface area contributed by atoms with Gasteiger partial charge >= 0.3 is 0 Å². The molecule has 3 N–H and O–H groups in total. The first-order valence-corrected chi connectivity index (χ1v) is 11.8. The van der Waals surface area contributed by atoms with E-state index in [1.807, 2.05) is 12.1 Å². The third kappa shape index (κ3) is 5.13. The van der Waals surface area contributed by atoms with Crippen LogP contribution in [0.2, 0.25) is 0 Å². The number of amides is 1. The predicted octanol–water partition coefficient (Wildman–Crippen LogP) is 3.42. The van der Waals surface area contributed by atoms with Crippen molar-refractivity contribution in [3.63, 3.8) is 0 Å². The maximum absolute atomic E-state index is 12.3. The first kappa shape index (κ1) is 20.7. The molecule has 1 fully saturated rings. The van der Waals surface area contributed by atoms with Crippen LogP contribution in [0.25, 0.3) is 11.4 Å². The summed E-state index contributed by atoms with van der Waals surface area (Å²) in [6.07, 6.45) is 2.27. The molecule has 1 aromatic heterocycles. The third-order valence-electron chi connectivity index (χ3n) is 4.62. The van der Waals surface area contributed by atoms with E-state index >= 15 is 0 Å². The Labute approximate surface area is 182 Å². The number of H-pyrrole nitrogens is 1. The van der Waals surface area contributed by atoms with Crippen molar-refractivity contribution in [2.45, 2.75) is 30.1 Å². The fourth-order valence-electron chi connectivity index (χ4n) is 2.92. The van der Waals surface area contributed by atoms with Crippen molar-refractivity contribution in [3.05, 3.63) is 58.8 Å². The van der Waals surface area contributed by atoms with Crippen LogP contribution in [0.5, 0.6) is 0 Å². The van der Waals surface area contributed by atoms with Crippen LogP contribution in [-0.4, -0.2) is 36.1 Å². The zero-order valence-electron chi connectivity index (χ0n) is 15.9. The molecule has 0 spiro atoms. The quantitative estimate of drug-likeness (QED) is 0.448.